The monoisotopic (exact) mass is 276 g/mol. The van der Waals surface area contributed by atoms with Gasteiger partial charge in [0.15, 0.2) is 0 Å². The van der Waals surface area contributed by atoms with E-state index in [1.807, 2.05) is 6.07 Å². The molecule has 102 valence electrons. The van der Waals surface area contributed by atoms with Crippen LogP contribution in [0.3, 0.4) is 0 Å². The van der Waals surface area contributed by atoms with Gasteiger partial charge in [0.05, 0.1) is 5.69 Å². The molecule has 0 aliphatic rings. The molecule has 0 aliphatic carbocycles. The molecule has 0 saturated carbocycles. The van der Waals surface area contributed by atoms with E-state index < -0.39 is 0 Å². The lowest BCUT2D eigenvalue weighted by Gasteiger charge is -2.08. The Morgan fingerprint density at radius 2 is 2.16 bits per heavy atom. The molecule has 0 unspecified atom stereocenters. The van der Waals surface area contributed by atoms with E-state index in [0.717, 1.165) is 29.5 Å². The summed E-state index contributed by atoms with van der Waals surface area (Å²) >= 11 is 1.65. The van der Waals surface area contributed by atoms with E-state index >= 15 is 0 Å². The highest BCUT2D eigenvalue weighted by molar-refractivity contribution is 7.09. The van der Waals surface area contributed by atoms with E-state index in [0.29, 0.717) is 6.61 Å². The number of nitrogens with one attached hydrogen (secondary N) is 1. The van der Waals surface area contributed by atoms with E-state index in [1.54, 1.807) is 11.3 Å². The van der Waals surface area contributed by atoms with Crippen LogP contribution in [0, 0.1) is 13.8 Å². The lowest BCUT2D eigenvalue weighted by molar-refractivity contribution is 0.303. The first-order valence-corrected chi connectivity index (χ1v) is 7.41. The minimum absolute atomic E-state index is 0.542. The van der Waals surface area contributed by atoms with Crippen molar-refractivity contribution in [2.45, 2.75) is 33.9 Å². The number of rotatable bonds is 6. The van der Waals surface area contributed by atoms with Crippen molar-refractivity contribution in [2.75, 3.05) is 6.54 Å². The van der Waals surface area contributed by atoms with Crippen molar-refractivity contribution in [3.05, 3.63) is 45.4 Å². The van der Waals surface area contributed by atoms with Gasteiger partial charge in [-0.05, 0) is 32.0 Å². The maximum absolute atomic E-state index is 5.82. The second-order valence-electron chi connectivity index (χ2n) is 4.57. The van der Waals surface area contributed by atoms with Gasteiger partial charge in [0.25, 0.3) is 0 Å². The molecule has 0 radical (unpaired) electrons. The van der Waals surface area contributed by atoms with Crippen LogP contribution in [0.5, 0.6) is 5.75 Å². The van der Waals surface area contributed by atoms with Gasteiger partial charge in [-0.3, -0.25) is 0 Å². The fourth-order valence-corrected chi connectivity index (χ4v) is 2.56. The van der Waals surface area contributed by atoms with Gasteiger partial charge in [0, 0.05) is 11.9 Å². The normalized spacial score (nSPS) is 10.7. The zero-order valence-corrected chi connectivity index (χ0v) is 12.5. The summed E-state index contributed by atoms with van der Waals surface area (Å²) in [6.07, 6.45) is 0. The first kappa shape index (κ1) is 14.0. The van der Waals surface area contributed by atoms with Crippen molar-refractivity contribution >= 4 is 11.3 Å². The Labute approximate surface area is 118 Å². The van der Waals surface area contributed by atoms with E-state index in [-0.39, 0.29) is 0 Å². The number of aromatic nitrogens is 1. The van der Waals surface area contributed by atoms with Crippen LogP contribution >= 0.6 is 11.3 Å². The van der Waals surface area contributed by atoms with Crippen molar-refractivity contribution < 1.29 is 4.74 Å². The first-order valence-electron chi connectivity index (χ1n) is 6.53. The molecule has 0 saturated heterocycles. The largest absolute Gasteiger partial charge is 0.486 e. The Morgan fingerprint density at radius 3 is 2.89 bits per heavy atom. The Bertz CT molecular complexity index is 537. The summed E-state index contributed by atoms with van der Waals surface area (Å²) in [4.78, 5) is 4.54. The smallest absolute Gasteiger partial charge is 0.140 e. The van der Waals surface area contributed by atoms with Gasteiger partial charge in [-0.1, -0.05) is 24.6 Å². The third kappa shape index (κ3) is 4.04. The molecule has 0 fully saturated rings. The third-order valence-corrected chi connectivity index (χ3v) is 3.71. The molecule has 0 atom stereocenters. The maximum atomic E-state index is 5.82. The topological polar surface area (TPSA) is 34.1 Å². The number of benzene rings is 1. The van der Waals surface area contributed by atoms with Crippen LogP contribution < -0.4 is 10.1 Å². The number of aryl methyl sites for hydroxylation is 2. The van der Waals surface area contributed by atoms with Crippen LogP contribution in [-0.2, 0) is 13.2 Å². The summed E-state index contributed by atoms with van der Waals surface area (Å²) in [5.74, 6) is 0.939. The van der Waals surface area contributed by atoms with Crippen molar-refractivity contribution in [1.29, 1.82) is 0 Å². The minimum Gasteiger partial charge on any atom is -0.486 e. The zero-order chi connectivity index (χ0) is 13.7. The lowest BCUT2D eigenvalue weighted by atomic mass is 10.1. The average Bonchev–Trinajstić information content (AvgIpc) is 2.83. The van der Waals surface area contributed by atoms with E-state index in [9.17, 15) is 0 Å². The molecule has 2 aromatic rings. The second-order valence-corrected chi connectivity index (χ2v) is 5.51. The Kier molecular flexibility index (Phi) is 4.93. The van der Waals surface area contributed by atoms with Crippen LogP contribution in [0.2, 0.25) is 0 Å². The van der Waals surface area contributed by atoms with Gasteiger partial charge in [-0.2, -0.15) is 0 Å². The zero-order valence-electron chi connectivity index (χ0n) is 11.7. The molecule has 3 nitrogen and oxygen atoms in total. The fraction of sp³-hybridized carbons (Fsp3) is 0.400. The first-order chi connectivity index (χ1) is 9.19. The van der Waals surface area contributed by atoms with Crippen molar-refractivity contribution in [2.24, 2.45) is 0 Å². The average molecular weight is 276 g/mol. The number of ether oxygens (including phenoxy) is 1. The van der Waals surface area contributed by atoms with Gasteiger partial charge in [0.2, 0.25) is 0 Å². The third-order valence-electron chi connectivity index (χ3n) is 2.84. The highest BCUT2D eigenvalue weighted by Gasteiger charge is 2.04. The summed E-state index contributed by atoms with van der Waals surface area (Å²) in [5.41, 5.74) is 3.52. The molecule has 0 spiro atoms. The Hall–Kier alpha value is -1.39. The van der Waals surface area contributed by atoms with Gasteiger partial charge >= 0.3 is 0 Å². The number of nitrogens with zero attached hydrogens (tertiary/aromatic N) is 1. The van der Waals surface area contributed by atoms with Crippen LogP contribution in [0.15, 0.2) is 23.6 Å². The summed E-state index contributed by atoms with van der Waals surface area (Å²) in [5, 5.41) is 6.38. The highest BCUT2D eigenvalue weighted by atomic mass is 32.1. The molecule has 0 amide bonds. The molecule has 1 aromatic carbocycles. The lowest BCUT2D eigenvalue weighted by Crippen LogP contribution is -2.12. The molecule has 19 heavy (non-hydrogen) atoms. The van der Waals surface area contributed by atoms with E-state index in [2.05, 4.69) is 48.6 Å². The van der Waals surface area contributed by atoms with Gasteiger partial charge < -0.3 is 10.1 Å². The molecule has 0 bridgehead atoms. The highest BCUT2D eigenvalue weighted by Crippen LogP contribution is 2.20. The van der Waals surface area contributed by atoms with Gasteiger partial charge in [0.1, 0.15) is 17.4 Å². The van der Waals surface area contributed by atoms with E-state index in [1.165, 1.54) is 11.1 Å². The molecule has 1 N–H and O–H groups in total. The molecule has 2 rings (SSSR count). The molecular formula is C15H20N2OS. The minimum atomic E-state index is 0.542. The second kappa shape index (κ2) is 6.68. The van der Waals surface area contributed by atoms with Crippen LogP contribution in [0.4, 0.5) is 0 Å². The Morgan fingerprint density at radius 1 is 1.32 bits per heavy atom. The van der Waals surface area contributed by atoms with Crippen LogP contribution in [0.1, 0.15) is 28.8 Å². The predicted octanol–water partition coefficient (Wildman–Crippen LogP) is 3.45. The quantitative estimate of drug-likeness (QED) is 0.877. The summed E-state index contributed by atoms with van der Waals surface area (Å²) in [7, 11) is 0. The molecule has 1 heterocycles. The van der Waals surface area contributed by atoms with Crippen molar-refractivity contribution in [1.82, 2.24) is 10.3 Å². The van der Waals surface area contributed by atoms with Crippen LogP contribution in [0.25, 0.3) is 0 Å². The fourth-order valence-electron chi connectivity index (χ4n) is 1.85. The number of hydrogen-bond acceptors (Lipinski definition) is 4. The van der Waals surface area contributed by atoms with Crippen molar-refractivity contribution in [3.8, 4) is 5.75 Å². The molecule has 4 heteroatoms. The van der Waals surface area contributed by atoms with Crippen LogP contribution in [-0.4, -0.2) is 11.5 Å². The summed E-state index contributed by atoms with van der Waals surface area (Å²) in [6, 6.07) is 6.23. The Balaban J connectivity index is 1.92. The standard InChI is InChI=1S/C15H20N2OS/c1-4-16-8-13-10-19-15(17-13)9-18-14-6-5-11(2)7-12(14)3/h5-7,10,16H,4,8-9H2,1-3H3. The molecule has 0 aliphatic heterocycles. The van der Waals surface area contributed by atoms with Crippen molar-refractivity contribution in [3.63, 3.8) is 0 Å². The maximum Gasteiger partial charge on any atom is 0.140 e. The number of thiazole rings is 1. The molecular weight excluding hydrogens is 256 g/mol. The van der Waals surface area contributed by atoms with Gasteiger partial charge in [-0.15, -0.1) is 11.3 Å². The molecule has 1 aromatic heterocycles. The van der Waals surface area contributed by atoms with E-state index in [4.69, 9.17) is 4.74 Å². The van der Waals surface area contributed by atoms with Gasteiger partial charge in [-0.25, -0.2) is 4.98 Å². The number of hydrogen-bond donors (Lipinski definition) is 1. The summed E-state index contributed by atoms with van der Waals surface area (Å²) in [6.45, 7) is 8.59. The predicted molar refractivity (Wildman–Crippen MR) is 79.7 cm³/mol. The summed E-state index contributed by atoms with van der Waals surface area (Å²) < 4.78 is 5.82. The SMILES string of the molecule is CCNCc1csc(COc2ccc(C)cc2C)n1.